The van der Waals surface area contributed by atoms with Gasteiger partial charge in [-0.05, 0) is 103 Å². The van der Waals surface area contributed by atoms with Gasteiger partial charge in [-0.15, -0.1) is 0 Å². The lowest BCUT2D eigenvalue weighted by Gasteiger charge is -2.68. The molecule has 7 atom stereocenters. The van der Waals surface area contributed by atoms with Crippen molar-refractivity contribution in [2.45, 2.75) is 157 Å². The number of Topliss-reactive ketones (excluding diaryl/α,β-unsaturated/α-hetero) is 1. The maximum Gasteiger partial charge on any atom is 0.250 e. The van der Waals surface area contributed by atoms with Gasteiger partial charge in [-0.25, -0.2) is 0 Å². The molecule has 0 aliphatic heterocycles. The normalized spacial score (nSPS) is 40.9. The Bertz CT molecular complexity index is 1030. The van der Waals surface area contributed by atoms with Gasteiger partial charge >= 0.3 is 0 Å². The van der Waals surface area contributed by atoms with E-state index in [-0.39, 0.29) is 37.8 Å². The molecule has 0 amide bonds. The summed E-state index contributed by atoms with van der Waals surface area (Å²) in [4.78, 5) is 14.5. The van der Waals surface area contributed by atoms with Crippen LogP contribution in [-0.4, -0.2) is 28.5 Å². The van der Waals surface area contributed by atoms with Crippen LogP contribution in [0.5, 0.6) is 0 Å². The average Bonchev–Trinajstić information content (AvgIpc) is 3.08. The Morgan fingerprint density at radius 3 is 1.90 bits per heavy atom. The molecule has 0 spiro atoms. The van der Waals surface area contributed by atoms with E-state index in [2.05, 4.69) is 108 Å². The fraction of sp³-hybridized carbons (Fsp3) is 0.912. The van der Waals surface area contributed by atoms with Gasteiger partial charge in [0.1, 0.15) is 5.78 Å². The van der Waals surface area contributed by atoms with E-state index in [1.807, 2.05) is 0 Å². The maximum absolute atomic E-state index is 14.5. The molecule has 0 aromatic carbocycles. The van der Waals surface area contributed by atoms with Gasteiger partial charge in [-0.1, -0.05) is 76.2 Å². The summed E-state index contributed by atoms with van der Waals surface area (Å²) in [6.07, 6.45) is 8.89. The molecule has 0 N–H and O–H groups in total. The first kappa shape index (κ1) is 31.5. The third-order valence-corrected chi connectivity index (χ3v) is 22.8. The SMILES string of the molecule is CC1(C)[C@@H](O[Si](C)(C)C(C)(C)C)CC[C@@]2(C)[C@H]1CC(=O)[C@]1(C)[C@H]2CC[C@@]2(C)C(O[Si](C)(C)C(C)(C)C)=CC[C@@H]12. The van der Waals surface area contributed by atoms with Crippen LogP contribution >= 0.6 is 0 Å². The second-order valence-electron chi connectivity index (χ2n) is 18.4. The minimum atomic E-state index is -1.94. The van der Waals surface area contributed by atoms with Crippen molar-refractivity contribution in [2.75, 3.05) is 0 Å². The summed E-state index contributed by atoms with van der Waals surface area (Å²) < 4.78 is 14.2. The molecule has 0 aromatic heterocycles. The molecule has 0 radical (unpaired) electrons. The van der Waals surface area contributed by atoms with Crippen molar-refractivity contribution in [1.29, 1.82) is 0 Å². The van der Waals surface area contributed by atoms with E-state index in [0.29, 0.717) is 30.0 Å². The standard InChI is InChI=1S/C34H62O3Si2/c1-29(2,3)38(12,13)36-27-19-21-32(9)24-18-20-33(10)23(16-17-28(33)37-39(14,15)30(4,5)6)34(24,11)26(35)22-25(32)31(27,7)8/h17,23-25,27H,16,18-22H2,1-15H3/t23-,24+,25+,27+,32-,33-,34+/m1/s1. The van der Waals surface area contributed by atoms with Crippen LogP contribution in [0.4, 0.5) is 0 Å². The average molecular weight is 575 g/mol. The number of hydrogen-bond acceptors (Lipinski definition) is 3. The molecule has 0 unspecified atom stereocenters. The third-order valence-electron chi connectivity index (χ3n) is 13.9. The largest absolute Gasteiger partial charge is 0.546 e. The van der Waals surface area contributed by atoms with Crippen LogP contribution in [0, 0.1) is 39.4 Å². The first-order valence-electron chi connectivity index (χ1n) is 16.0. The molecule has 3 nitrogen and oxygen atoms in total. The van der Waals surface area contributed by atoms with Crippen LogP contribution in [0.2, 0.25) is 36.3 Å². The smallest absolute Gasteiger partial charge is 0.250 e. The molecule has 0 bridgehead atoms. The van der Waals surface area contributed by atoms with Gasteiger partial charge in [0.15, 0.2) is 8.32 Å². The number of fused-ring (bicyclic) bond motifs is 5. The molecule has 0 aromatic rings. The summed E-state index contributed by atoms with van der Waals surface area (Å²) in [6, 6.07) is 0. The molecule has 0 saturated heterocycles. The monoisotopic (exact) mass is 574 g/mol. The predicted octanol–water partition coefficient (Wildman–Crippen LogP) is 10.1. The minimum Gasteiger partial charge on any atom is -0.546 e. The topological polar surface area (TPSA) is 35.5 Å². The van der Waals surface area contributed by atoms with Crippen molar-refractivity contribution in [2.24, 2.45) is 39.4 Å². The van der Waals surface area contributed by atoms with Gasteiger partial charge in [-0.3, -0.25) is 4.79 Å². The van der Waals surface area contributed by atoms with Gasteiger partial charge in [0, 0.05) is 17.3 Å². The van der Waals surface area contributed by atoms with Gasteiger partial charge in [0.2, 0.25) is 8.32 Å². The van der Waals surface area contributed by atoms with Crippen molar-refractivity contribution in [3.8, 4) is 0 Å². The minimum absolute atomic E-state index is 0.00914. The Hall–Kier alpha value is -0.396. The van der Waals surface area contributed by atoms with E-state index >= 15 is 0 Å². The summed E-state index contributed by atoms with van der Waals surface area (Å²) in [5, 5.41) is 0.361. The molecule has 5 heteroatoms. The maximum atomic E-state index is 14.5. The molecule has 39 heavy (non-hydrogen) atoms. The van der Waals surface area contributed by atoms with Crippen LogP contribution in [-0.2, 0) is 13.6 Å². The summed E-state index contributed by atoms with van der Waals surface area (Å²) in [5.41, 5.74) is -0.150. The Kier molecular flexibility index (Phi) is 7.32. The molecule has 0 heterocycles. The zero-order chi connectivity index (χ0) is 29.8. The predicted molar refractivity (Wildman–Crippen MR) is 170 cm³/mol. The highest BCUT2D eigenvalue weighted by atomic mass is 28.4. The summed E-state index contributed by atoms with van der Waals surface area (Å²) in [7, 11) is -3.84. The van der Waals surface area contributed by atoms with Crippen LogP contribution < -0.4 is 0 Å². The molecule has 3 fully saturated rings. The van der Waals surface area contributed by atoms with Gasteiger partial charge in [-0.2, -0.15) is 0 Å². The van der Waals surface area contributed by atoms with Gasteiger partial charge in [0.25, 0.3) is 0 Å². The summed E-state index contributed by atoms with van der Waals surface area (Å²) >= 11 is 0. The van der Waals surface area contributed by atoms with Crippen LogP contribution in [0.15, 0.2) is 11.8 Å². The van der Waals surface area contributed by atoms with Crippen LogP contribution in [0.25, 0.3) is 0 Å². The van der Waals surface area contributed by atoms with Crippen molar-refractivity contribution in [1.82, 2.24) is 0 Å². The Morgan fingerprint density at radius 1 is 0.795 bits per heavy atom. The highest BCUT2D eigenvalue weighted by Crippen LogP contribution is 2.72. The summed E-state index contributed by atoms with van der Waals surface area (Å²) in [6.45, 7) is 35.7. The number of allylic oxidation sites excluding steroid dienone is 2. The Morgan fingerprint density at radius 2 is 1.36 bits per heavy atom. The van der Waals surface area contributed by atoms with Crippen molar-refractivity contribution in [3.63, 3.8) is 0 Å². The molecular weight excluding hydrogens is 513 g/mol. The van der Waals surface area contributed by atoms with E-state index in [4.69, 9.17) is 8.85 Å². The van der Waals surface area contributed by atoms with E-state index in [9.17, 15) is 4.79 Å². The lowest BCUT2D eigenvalue weighted by molar-refractivity contribution is -0.203. The quantitative estimate of drug-likeness (QED) is 0.313. The first-order valence-corrected chi connectivity index (χ1v) is 21.8. The van der Waals surface area contributed by atoms with Gasteiger partial charge < -0.3 is 8.85 Å². The summed E-state index contributed by atoms with van der Waals surface area (Å²) in [5.74, 6) is 2.89. The third kappa shape index (κ3) is 4.53. The number of rotatable bonds is 4. The first-order chi connectivity index (χ1) is 17.4. The van der Waals surface area contributed by atoms with Crippen molar-refractivity contribution >= 4 is 22.4 Å². The number of ketones is 1. The second kappa shape index (κ2) is 9.05. The van der Waals surface area contributed by atoms with Crippen LogP contribution in [0.1, 0.15) is 115 Å². The van der Waals surface area contributed by atoms with E-state index < -0.39 is 16.6 Å². The zero-order valence-electron chi connectivity index (χ0n) is 28.4. The number of carbonyl (C=O) groups is 1. The van der Waals surface area contributed by atoms with Gasteiger partial charge in [0.05, 0.1) is 11.9 Å². The highest BCUT2D eigenvalue weighted by molar-refractivity contribution is 6.74. The number of hydrogen-bond donors (Lipinski definition) is 0. The zero-order valence-corrected chi connectivity index (χ0v) is 30.4. The lowest BCUT2D eigenvalue weighted by Crippen LogP contribution is -2.66. The molecule has 4 aliphatic rings. The van der Waals surface area contributed by atoms with E-state index in [0.717, 1.165) is 25.7 Å². The van der Waals surface area contributed by atoms with Crippen LogP contribution in [0.3, 0.4) is 0 Å². The van der Waals surface area contributed by atoms with E-state index in [1.54, 1.807) is 0 Å². The van der Waals surface area contributed by atoms with E-state index in [1.165, 1.54) is 12.2 Å². The molecular formula is C34H62O3Si2. The fourth-order valence-electron chi connectivity index (χ4n) is 9.19. The van der Waals surface area contributed by atoms with Crippen molar-refractivity contribution < 1.29 is 13.6 Å². The Labute approximate surface area is 243 Å². The highest BCUT2D eigenvalue weighted by Gasteiger charge is 2.70. The molecule has 224 valence electrons. The lowest BCUT2D eigenvalue weighted by atomic mass is 9.36. The molecule has 4 rings (SSSR count). The fourth-order valence-corrected chi connectivity index (χ4v) is 11.9. The Balaban J connectivity index is 1.64. The molecule has 3 saturated carbocycles. The molecule has 4 aliphatic carbocycles. The van der Waals surface area contributed by atoms with Crippen molar-refractivity contribution in [3.05, 3.63) is 11.8 Å². The second-order valence-corrected chi connectivity index (χ2v) is 27.9. The number of carbonyl (C=O) groups excluding carboxylic acids is 1.